The number of carbonyl (C=O) groups excluding carboxylic acids is 1. The van der Waals surface area contributed by atoms with Gasteiger partial charge in [0.25, 0.3) is 11.9 Å². The van der Waals surface area contributed by atoms with Crippen LogP contribution < -0.4 is 18.9 Å². The molecule has 3 fully saturated rings. The number of rotatable bonds is 5. The number of aromatic hydroxyl groups is 1. The zero-order valence-electron chi connectivity index (χ0n) is 27.8. The Morgan fingerprint density at radius 2 is 1.42 bits per heavy atom. The Kier molecular flexibility index (Phi) is 11.2. The molecule has 1 aliphatic carbocycles. The van der Waals surface area contributed by atoms with Crippen LogP contribution >= 0.6 is 0 Å². The number of aliphatic carboxylic acids is 2. The number of ether oxygens (including phenoxy) is 9. The highest BCUT2D eigenvalue weighted by Crippen LogP contribution is 2.57. The van der Waals surface area contributed by atoms with E-state index in [1.54, 1.807) is 31.2 Å². The quantitative estimate of drug-likeness (QED) is 0.277. The van der Waals surface area contributed by atoms with Gasteiger partial charge in [-0.2, -0.15) is 0 Å². The van der Waals surface area contributed by atoms with Crippen molar-refractivity contribution in [1.82, 2.24) is 0 Å². The Bertz CT molecular complexity index is 1530. The molecule has 0 spiro atoms. The maximum absolute atomic E-state index is 13.4. The molecular formula is C33H40O17. The Hall–Kier alpha value is -4.39. The molecule has 274 valence electrons. The second kappa shape index (κ2) is 15.2. The molecule has 4 aliphatic heterocycles. The second-order valence-corrected chi connectivity index (χ2v) is 12.0. The molecule has 5 N–H and O–H groups in total. The molecule has 5 aliphatic rings. The van der Waals surface area contributed by atoms with Gasteiger partial charge in [0.05, 0.1) is 39.5 Å². The largest absolute Gasteiger partial charge is 0.502 e. The maximum Gasteiger partial charge on any atom is 0.310 e. The summed E-state index contributed by atoms with van der Waals surface area (Å²) in [6, 6.07) is 6.93. The minimum absolute atomic E-state index is 0.0301. The van der Waals surface area contributed by atoms with Crippen LogP contribution in [0.25, 0.3) is 0 Å². The highest BCUT2D eigenvalue weighted by Gasteiger charge is 2.56. The molecule has 2 aromatic carbocycles. The first-order chi connectivity index (χ1) is 23.7. The van der Waals surface area contributed by atoms with E-state index >= 15 is 0 Å². The highest BCUT2D eigenvalue weighted by molar-refractivity contribution is 5.79. The molecule has 10 atom stereocenters. The monoisotopic (exact) mass is 708 g/mol. The molecule has 17 nitrogen and oxygen atoms in total. The Balaban J connectivity index is 0.000000552. The first kappa shape index (κ1) is 36.9. The highest BCUT2D eigenvalue weighted by atomic mass is 16.8. The predicted molar refractivity (Wildman–Crippen MR) is 165 cm³/mol. The minimum Gasteiger partial charge on any atom is -0.502 e. The molecule has 0 saturated carbocycles. The van der Waals surface area contributed by atoms with E-state index in [0.29, 0.717) is 28.2 Å². The maximum atomic E-state index is 13.4. The summed E-state index contributed by atoms with van der Waals surface area (Å²) in [4.78, 5) is 31.4. The van der Waals surface area contributed by atoms with Crippen molar-refractivity contribution in [3.05, 3.63) is 41.0 Å². The van der Waals surface area contributed by atoms with Crippen molar-refractivity contribution in [3.63, 3.8) is 0 Å². The summed E-state index contributed by atoms with van der Waals surface area (Å²) in [6.07, 6.45) is -6.80. The van der Waals surface area contributed by atoms with Crippen molar-refractivity contribution in [3.8, 4) is 28.7 Å². The van der Waals surface area contributed by atoms with E-state index in [-0.39, 0.29) is 37.3 Å². The van der Waals surface area contributed by atoms with E-state index in [1.807, 2.05) is 0 Å². The second-order valence-electron chi connectivity index (χ2n) is 12.0. The summed E-state index contributed by atoms with van der Waals surface area (Å²) in [7, 11) is 2.86. The van der Waals surface area contributed by atoms with Crippen LogP contribution in [0.4, 0.5) is 0 Å². The van der Waals surface area contributed by atoms with Gasteiger partial charge in [-0.25, -0.2) is 0 Å². The molecule has 7 rings (SSSR count). The van der Waals surface area contributed by atoms with Crippen LogP contribution in [0, 0.1) is 11.8 Å². The zero-order chi connectivity index (χ0) is 36.4. The zero-order valence-corrected chi connectivity index (χ0v) is 27.8. The number of hydrogen-bond acceptors (Lipinski definition) is 15. The van der Waals surface area contributed by atoms with Crippen molar-refractivity contribution in [2.45, 2.75) is 69.8 Å². The number of phenolic OH excluding ortho intramolecular Hbond substituents is 1. The number of carboxylic acid groups (broad SMARTS) is 2. The number of fused-ring (bicyclic) bond motifs is 4. The first-order valence-corrected chi connectivity index (χ1v) is 15.6. The van der Waals surface area contributed by atoms with Crippen molar-refractivity contribution in [1.29, 1.82) is 0 Å². The van der Waals surface area contributed by atoms with Crippen LogP contribution in [-0.4, -0.2) is 115 Å². The fourth-order valence-electron chi connectivity index (χ4n) is 6.74. The summed E-state index contributed by atoms with van der Waals surface area (Å²) in [5.74, 6) is -2.69. The molecular weight excluding hydrogens is 668 g/mol. The van der Waals surface area contributed by atoms with E-state index in [0.717, 1.165) is 13.8 Å². The predicted octanol–water partition coefficient (Wildman–Crippen LogP) is 1.52. The average Bonchev–Trinajstić information content (AvgIpc) is 3.68. The van der Waals surface area contributed by atoms with Crippen LogP contribution in [-0.2, 0) is 38.1 Å². The third-order valence-electron chi connectivity index (χ3n) is 8.75. The van der Waals surface area contributed by atoms with E-state index in [4.69, 9.17) is 62.4 Å². The van der Waals surface area contributed by atoms with Gasteiger partial charge in [0, 0.05) is 25.7 Å². The molecule has 3 saturated heterocycles. The molecule has 0 amide bonds. The fourth-order valence-corrected chi connectivity index (χ4v) is 6.74. The minimum atomic E-state index is -1.44. The first-order valence-electron chi connectivity index (χ1n) is 15.6. The van der Waals surface area contributed by atoms with Crippen LogP contribution in [0.5, 0.6) is 28.7 Å². The smallest absolute Gasteiger partial charge is 0.310 e. The van der Waals surface area contributed by atoms with Gasteiger partial charge >= 0.3 is 5.97 Å². The number of carbonyl (C=O) groups is 3. The van der Waals surface area contributed by atoms with Crippen LogP contribution in [0.15, 0.2) is 24.3 Å². The number of hydrogen-bond donors (Lipinski definition) is 5. The fraction of sp³-hybridized carbons (Fsp3) is 0.545. The number of methoxy groups -OCH3 is 2. The van der Waals surface area contributed by atoms with E-state index in [2.05, 4.69) is 0 Å². The summed E-state index contributed by atoms with van der Waals surface area (Å²) in [5, 5.41) is 47.3. The molecule has 0 aromatic heterocycles. The number of benzene rings is 2. The summed E-state index contributed by atoms with van der Waals surface area (Å²) in [5.41, 5.74) is 2.01. The Labute approximate surface area is 286 Å². The lowest BCUT2D eigenvalue weighted by Crippen LogP contribution is -2.63. The molecule has 0 radical (unpaired) electrons. The van der Waals surface area contributed by atoms with E-state index in [9.17, 15) is 20.1 Å². The van der Waals surface area contributed by atoms with Gasteiger partial charge in [0.15, 0.2) is 35.6 Å². The third-order valence-corrected chi connectivity index (χ3v) is 8.75. The van der Waals surface area contributed by atoms with Gasteiger partial charge in [-0.15, -0.1) is 0 Å². The van der Waals surface area contributed by atoms with Crippen molar-refractivity contribution >= 4 is 17.9 Å². The van der Waals surface area contributed by atoms with Gasteiger partial charge in [0.1, 0.15) is 24.4 Å². The number of aliphatic hydroxyl groups is 2. The van der Waals surface area contributed by atoms with Crippen molar-refractivity contribution in [2.24, 2.45) is 11.8 Å². The lowest BCUT2D eigenvalue weighted by atomic mass is 9.66. The molecule has 0 bridgehead atoms. The van der Waals surface area contributed by atoms with E-state index in [1.165, 1.54) is 14.2 Å². The number of cyclic esters (lactones) is 1. The summed E-state index contributed by atoms with van der Waals surface area (Å²) in [6.45, 7) is 4.10. The lowest BCUT2D eigenvalue weighted by Gasteiger charge is -2.47. The van der Waals surface area contributed by atoms with Gasteiger partial charge < -0.3 is 68.2 Å². The van der Waals surface area contributed by atoms with E-state index < -0.39 is 78.8 Å². The number of phenols is 1. The van der Waals surface area contributed by atoms with Crippen molar-refractivity contribution < 1.29 is 82.5 Å². The number of esters is 1. The molecule has 4 heterocycles. The normalized spacial score (nSPS) is 31.6. The van der Waals surface area contributed by atoms with Gasteiger partial charge in [-0.05, 0) is 47.9 Å². The van der Waals surface area contributed by atoms with Crippen LogP contribution in [0.3, 0.4) is 0 Å². The van der Waals surface area contributed by atoms with Crippen LogP contribution in [0.2, 0.25) is 0 Å². The Morgan fingerprint density at radius 3 is 2.00 bits per heavy atom. The van der Waals surface area contributed by atoms with Gasteiger partial charge in [-0.1, -0.05) is 0 Å². The third kappa shape index (κ3) is 7.38. The lowest BCUT2D eigenvalue weighted by molar-refractivity contribution is -0.364. The SMILES string of the molecule is CC(=O)O.CC(=O)O.COc1cc([C@@H]2c3cc4c(cc3C(O[C@@H]3O[C@@H]5CO[C@@H](C)O[C@H]5[C@H](O)[C@H]3O)C3COC(=O)[C@@H]32)OCO4)cc(OC)c1O. The number of aliphatic hydroxyl groups excluding tert-OH is 2. The molecule has 17 heteroatoms. The molecule has 2 unspecified atom stereocenters. The standard InChI is InChI=1S/C29H32O13.2C2H4O2/c1-11-36-9-20-27(40-11)24(31)25(32)29(41-20)42-26-14-7-17-16(38-10-39-17)6-13(14)21(22-15(26)8-37-28(22)33)12-4-18(34-2)23(30)19(5-12)35-3;2*1-2(3)4/h4-7,11,15,20-22,24-27,29-32H,8-10H2,1-3H3;2*1H3,(H,3,4)/t11-,15?,20-,21-,22+,24-,25-,26?,27-,29+;;/m1../s1. The number of carboxylic acids is 2. The molecule has 50 heavy (non-hydrogen) atoms. The Morgan fingerprint density at radius 1 is 0.840 bits per heavy atom. The average molecular weight is 709 g/mol. The van der Waals surface area contributed by atoms with Crippen molar-refractivity contribution in [2.75, 3.05) is 34.2 Å². The van der Waals surface area contributed by atoms with Gasteiger partial charge in [-0.3, -0.25) is 14.4 Å². The summed E-state index contributed by atoms with van der Waals surface area (Å²) >= 11 is 0. The van der Waals surface area contributed by atoms with Gasteiger partial charge in [0.2, 0.25) is 12.5 Å². The topological polar surface area (TPSA) is 235 Å². The summed E-state index contributed by atoms with van der Waals surface area (Å²) < 4.78 is 51.5. The van der Waals surface area contributed by atoms with Crippen LogP contribution in [0.1, 0.15) is 49.5 Å². The molecule has 2 aromatic rings.